The fraction of sp³-hybridized carbons (Fsp3) is 0.385. The molecule has 1 aromatic rings. The van der Waals surface area contributed by atoms with E-state index in [0.717, 1.165) is 6.07 Å². The Hall–Kier alpha value is -2.12. The predicted octanol–water partition coefficient (Wildman–Crippen LogP) is 0.351. The molecule has 0 aliphatic carbocycles. The van der Waals surface area contributed by atoms with E-state index in [0.29, 0.717) is 0 Å². The van der Waals surface area contributed by atoms with Crippen LogP contribution in [0, 0.1) is 0 Å². The molecule has 7 nitrogen and oxygen atoms in total. The smallest absolute Gasteiger partial charge is 0.338 e. The molecule has 0 saturated carbocycles. The van der Waals surface area contributed by atoms with Gasteiger partial charge in [-0.25, -0.2) is 9.59 Å². The van der Waals surface area contributed by atoms with Crippen molar-refractivity contribution in [2.75, 3.05) is 13.7 Å². The van der Waals surface area contributed by atoms with Gasteiger partial charge in [-0.05, 0) is 25.1 Å². The molecule has 2 atom stereocenters. The Morgan fingerprint density at radius 1 is 1.30 bits per heavy atom. The minimum atomic E-state index is -1.83. The Morgan fingerprint density at radius 2 is 1.95 bits per heavy atom. The van der Waals surface area contributed by atoms with E-state index in [4.69, 9.17) is 9.84 Å². The maximum absolute atomic E-state index is 11.4. The number of hydrogen-bond acceptors (Lipinski definition) is 6. The summed E-state index contributed by atoms with van der Waals surface area (Å²) in [5.74, 6) is -2.04. The fourth-order valence-electron chi connectivity index (χ4n) is 1.63. The number of hydrogen-bond donors (Lipinski definition) is 3. The maximum atomic E-state index is 11.4. The van der Waals surface area contributed by atoms with Crippen molar-refractivity contribution >= 4 is 11.9 Å². The molecule has 7 heteroatoms. The summed E-state index contributed by atoms with van der Waals surface area (Å²) >= 11 is 0. The van der Waals surface area contributed by atoms with Gasteiger partial charge in [-0.2, -0.15) is 0 Å². The normalized spacial score (nSPS) is 13.4. The number of aromatic carboxylic acids is 1. The van der Waals surface area contributed by atoms with Crippen LogP contribution in [0.2, 0.25) is 0 Å². The second-order valence-corrected chi connectivity index (χ2v) is 3.90. The quantitative estimate of drug-likeness (QED) is 0.646. The van der Waals surface area contributed by atoms with Gasteiger partial charge in [0.15, 0.2) is 6.10 Å². The molecule has 0 heterocycles. The summed E-state index contributed by atoms with van der Waals surface area (Å²) in [6.45, 7) is 1.61. The highest BCUT2D eigenvalue weighted by molar-refractivity contribution is 5.88. The zero-order chi connectivity index (χ0) is 15.3. The van der Waals surface area contributed by atoms with Gasteiger partial charge in [-0.15, -0.1) is 0 Å². The van der Waals surface area contributed by atoms with Gasteiger partial charge in [0.05, 0.1) is 19.3 Å². The second kappa shape index (κ2) is 6.88. The van der Waals surface area contributed by atoms with Crippen LogP contribution >= 0.6 is 0 Å². The molecule has 0 aliphatic heterocycles. The highest BCUT2D eigenvalue weighted by atomic mass is 16.5. The van der Waals surface area contributed by atoms with Crippen LogP contribution in [0.15, 0.2) is 18.2 Å². The Kier molecular flexibility index (Phi) is 5.48. The number of carbonyl (C=O) groups is 2. The van der Waals surface area contributed by atoms with Crippen molar-refractivity contribution in [3.8, 4) is 5.75 Å². The molecule has 0 spiro atoms. The molecular formula is C13H16O7. The van der Waals surface area contributed by atoms with Gasteiger partial charge < -0.3 is 24.8 Å². The Bertz CT molecular complexity index is 497. The molecular weight excluding hydrogens is 268 g/mol. The van der Waals surface area contributed by atoms with Crippen molar-refractivity contribution in [2.45, 2.75) is 19.1 Å². The van der Waals surface area contributed by atoms with E-state index < -0.39 is 24.1 Å². The molecule has 1 aromatic carbocycles. The van der Waals surface area contributed by atoms with Gasteiger partial charge in [0.1, 0.15) is 11.9 Å². The van der Waals surface area contributed by atoms with Gasteiger partial charge in [0.2, 0.25) is 0 Å². The molecule has 0 bridgehead atoms. The van der Waals surface area contributed by atoms with Crippen molar-refractivity contribution in [3.63, 3.8) is 0 Å². The minimum absolute atomic E-state index is 0.00652. The zero-order valence-corrected chi connectivity index (χ0v) is 11.1. The van der Waals surface area contributed by atoms with E-state index in [9.17, 15) is 19.8 Å². The number of aliphatic hydroxyl groups excluding tert-OH is 2. The molecule has 2 unspecified atom stereocenters. The van der Waals surface area contributed by atoms with E-state index in [1.807, 2.05) is 0 Å². The molecule has 0 radical (unpaired) electrons. The van der Waals surface area contributed by atoms with Crippen LogP contribution < -0.4 is 4.74 Å². The lowest BCUT2D eigenvalue weighted by atomic mass is 10.0. The van der Waals surface area contributed by atoms with Crippen molar-refractivity contribution < 1.29 is 34.4 Å². The molecule has 20 heavy (non-hydrogen) atoms. The van der Waals surface area contributed by atoms with Crippen LogP contribution in [0.4, 0.5) is 0 Å². The number of methoxy groups -OCH3 is 1. The zero-order valence-electron chi connectivity index (χ0n) is 11.1. The predicted molar refractivity (Wildman–Crippen MR) is 67.6 cm³/mol. The van der Waals surface area contributed by atoms with Crippen molar-refractivity contribution in [1.82, 2.24) is 0 Å². The van der Waals surface area contributed by atoms with E-state index in [-0.39, 0.29) is 23.5 Å². The van der Waals surface area contributed by atoms with Gasteiger partial charge in [0, 0.05) is 5.56 Å². The summed E-state index contributed by atoms with van der Waals surface area (Å²) in [6.07, 6.45) is -3.48. The Labute approximate surface area is 115 Å². The molecule has 0 amide bonds. The summed E-state index contributed by atoms with van der Waals surface area (Å²) in [5, 5.41) is 28.6. The fourth-order valence-corrected chi connectivity index (χ4v) is 1.63. The number of benzene rings is 1. The van der Waals surface area contributed by atoms with Crippen LogP contribution in [0.25, 0.3) is 0 Å². The molecule has 0 saturated heterocycles. The second-order valence-electron chi connectivity index (χ2n) is 3.90. The van der Waals surface area contributed by atoms with Gasteiger partial charge in [-0.1, -0.05) is 0 Å². The van der Waals surface area contributed by atoms with Crippen molar-refractivity contribution in [1.29, 1.82) is 0 Å². The van der Waals surface area contributed by atoms with Crippen LogP contribution in [0.1, 0.15) is 28.9 Å². The summed E-state index contributed by atoms with van der Waals surface area (Å²) in [6, 6.07) is 3.75. The average molecular weight is 284 g/mol. The van der Waals surface area contributed by atoms with Crippen LogP contribution in [0.3, 0.4) is 0 Å². The van der Waals surface area contributed by atoms with Crippen molar-refractivity contribution in [2.24, 2.45) is 0 Å². The first-order valence-corrected chi connectivity index (χ1v) is 5.86. The molecule has 1 rings (SSSR count). The number of carboxylic acid groups (broad SMARTS) is 1. The number of carbonyl (C=O) groups excluding carboxylic acids is 1. The summed E-state index contributed by atoms with van der Waals surface area (Å²) < 4.78 is 9.57. The van der Waals surface area contributed by atoms with E-state index in [1.165, 1.54) is 19.2 Å². The van der Waals surface area contributed by atoms with Crippen LogP contribution in [-0.4, -0.2) is 47.1 Å². The molecule has 0 fully saturated rings. The minimum Gasteiger partial charge on any atom is -0.496 e. The monoisotopic (exact) mass is 284 g/mol. The molecule has 3 N–H and O–H groups in total. The lowest BCUT2D eigenvalue weighted by Gasteiger charge is -2.19. The summed E-state index contributed by atoms with van der Waals surface area (Å²) in [5.41, 5.74) is -0.108. The highest BCUT2D eigenvalue weighted by Crippen LogP contribution is 2.29. The number of carboxylic acids is 1. The topological polar surface area (TPSA) is 113 Å². The van der Waals surface area contributed by atoms with Gasteiger partial charge in [-0.3, -0.25) is 0 Å². The Balaban J connectivity index is 3.12. The Morgan fingerprint density at radius 3 is 2.45 bits per heavy atom. The molecule has 0 aromatic heterocycles. The first kappa shape index (κ1) is 15.9. The number of rotatable bonds is 6. The third kappa shape index (κ3) is 3.46. The van der Waals surface area contributed by atoms with E-state index >= 15 is 0 Å². The van der Waals surface area contributed by atoms with Gasteiger partial charge >= 0.3 is 11.9 Å². The first-order valence-electron chi connectivity index (χ1n) is 5.86. The lowest BCUT2D eigenvalue weighted by molar-refractivity contribution is -0.159. The average Bonchev–Trinajstić information content (AvgIpc) is 2.45. The first-order chi connectivity index (χ1) is 9.42. The largest absolute Gasteiger partial charge is 0.496 e. The standard InChI is InChI=1S/C13H16O7/c1-3-20-13(18)11(15)10(14)8-6-7(12(16)17)4-5-9(8)19-2/h4-6,10-11,14-15H,3H2,1-2H3,(H,16,17). The van der Waals surface area contributed by atoms with E-state index in [1.54, 1.807) is 6.92 Å². The van der Waals surface area contributed by atoms with E-state index in [2.05, 4.69) is 4.74 Å². The highest BCUT2D eigenvalue weighted by Gasteiger charge is 2.29. The number of aliphatic hydroxyl groups is 2. The molecule has 0 aliphatic rings. The summed E-state index contributed by atoms with van der Waals surface area (Å²) in [7, 11) is 1.32. The maximum Gasteiger partial charge on any atom is 0.338 e. The van der Waals surface area contributed by atoms with Gasteiger partial charge in [0.25, 0.3) is 0 Å². The third-order valence-electron chi connectivity index (χ3n) is 2.62. The van der Waals surface area contributed by atoms with Crippen molar-refractivity contribution in [3.05, 3.63) is 29.3 Å². The third-order valence-corrected chi connectivity index (χ3v) is 2.62. The summed E-state index contributed by atoms with van der Waals surface area (Å²) in [4.78, 5) is 22.3. The SMILES string of the molecule is CCOC(=O)C(O)C(O)c1cc(C(=O)O)ccc1OC. The van der Waals surface area contributed by atoms with Crippen LogP contribution in [-0.2, 0) is 9.53 Å². The number of esters is 1. The number of ether oxygens (including phenoxy) is 2. The van der Waals surface area contributed by atoms with Crippen LogP contribution in [0.5, 0.6) is 5.75 Å². The lowest BCUT2D eigenvalue weighted by Crippen LogP contribution is -2.30. The molecule has 110 valence electrons.